The van der Waals surface area contributed by atoms with Gasteiger partial charge in [0.1, 0.15) is 0 Å². The van der Waals surface area contributed by atoms with Crippen LogP contribution < -0.4 is 5.32 Å². The zero-order valence-electron chi connectivity index (χ0n) is 17.7. The number of aromatic nitrogens is 3. The largest absolute Gasteiger partial charge is 0.429 e. The van der Waals surface area contributed by atoms with E-state index in [1.54, 1.807) is 29.7 Å². The lowest BCUT2D eigenvalue weighted by Gasteiger charge is -2.27. The second kappa shape index (κ2) is 8.34. The average Bonchev–Trinajstić information content (AvgIpc) is 3.51. The van der Waals surface area contributed by atoms with Gasteiger partial charge in [0.05, 0.1) is 35.8 Å². The Morgan fingerprint density at radius 1 is 1.22 bits per heavy atom. The van der Waals surface area contributed by atoms with Crippen molar-refractivity contribution in [2.24, 2.45) is 0 Å². The third-order valence-electron chi connectivity index (χ3n) is 6.23. The van der Waals surface area contributed by atoms with Crippen molar-refractivity contribution in [3.63, 3.8) is 0 Å². The van der Waals surface area contributed by atoms with Gasteiger partial charge < -0.3 is 13.7 Å². The molecule has 1 aliphatic carbocycles. The van der Waals surface area contributed by atoms with Crippen molar-refractivity contribution in [3.8, 4) is 0 Å². The van der Waals surface area contributed by atoms with Crippen LogP contribution in [0, 0.1) is 11.8 Å². The summed E-state index contributed by atoms with van der Waals surface area (Å²) in [7, 11) is -3.63. The van der Waals surface area contributed by atoms with E-state index in [9.17, 15) is 8.42 Å². The van der Waals surface area contributed by atoms with Crippen molar-refractivity contribution < 1.29 is 22.1 Å². The summed E-state index contributed by atoms with van der Waals surface area (Å²) in [5, 5.41) is 7.71. The van der Waals surface area contributed by atoms with Gasteiger partial charge in [0.2, 0.25) is 15.9 Å². The molecule has 172 valence electrons. The Bertz CT molecular complexity index is 1280. The van der Waals surface area contributed by atoms with Crippen LogP contribution in [0.5, 0.6) is 0 Å². The van der Waals surface area contributed by atoms with Crippen LogP contribution in [0.2, 0.25) is 0 Å². The number of sulfonamides is 1. The fraction of sp³-hybridized carbons (Fsp3) is 0.550. The van der Waals surface area contributed by atoms with E-state index >= 15 is 0 Å². The Labute approximate surface area is 190 Å². The molecule has 1 saturated heterocycles. The van der Waals surface area contributed by atoms with E-state index in [-0.39, 0.29) is 9.73 Å². The second-order valence-electron chi connectivity index (χ2n) is 8.20. The van der Waals surface area contributed by atoms with Crippen LogP contribution in [0.15, 0.2) is 32.0 Å². The van der Waals surface area contributed by atoms with E-state index < -0.39 is 15.6 Å². The van der Waals surface area contributed by atoms with Crippen molar-refractivity contribution >= 4 is 33.3 Å². The highest BCUT2D eigenvalue weighted by Gasteiger charge is 2.39. The van der Waals surface area contributed by atoms with Gasteiger partial charge in [0, 0.05) is 20.0 Å². The summed E-state index contributed by atoms with van der Waals surface area (Å²) in [5.41, 5.74) is 0.746. The first-order chi connectivity index (χ1) is 15.4. The number of oxazole rings is 1. The summed E-state index contributed by atoms with van der Waals surface area (Å²) in [4.78, 5) is 4.93. The molecule has 1 aromatic carbocycles. The van der Waals surface area contributed by atoms with Crippen LogP contribution in [0.3, 0.4) is 0 Å². The van der Waals surface area contributed by atoms with Gasteiger partial charge in [-0.1, -0.05) is 18.0 Å². The first-order valence-corrected chi connectivity index (χ1v) is 12.5. The van der Waals surface area contributed by atoms with E-state index in [1.165, 1.54) is 4.31 Å². The summed E-state index contributed by atoms with van der Waals surface area (Å²) in [6.07, 6.45) is 3.87. The predicted molar refractivity (Wildman–Crippen MR) is 117 cm³/mol. The van der Waals surface area contributed by atoms with Gasteiger partial charge in [-0.2, -0.15) is 9.29 Å². The fourth-order valence-corrected chi connectivity index (χ4v) is 6.15. The number of aryl methyl sites for hydroxylation is 1. The van der Waals surface area contributed by atoms with E-state index in [0.717, 1.165) is 25.7 Å². The fourth-order valence-electron chi connectivity index (χ4n) is 4.47. The maximum atomic E-state index is 13.1. The van der Waals surface area contributed by atoms with Gasteiger partial charge in [-0.15, -0.1) is 0 Å². The van der Waals surface area contributed by atoms with E-state index in [1.807, 2.05) is 0 Å². The zero-order valence-corrected chi connectivity index (χ0v) is 19.4. The number of benzene rings is 1. The van der Waals surface area contributed by atoms with Crippen LogP contribution >= 0.6 is 12.2 Å². The van der Waals surface area contributed by atoms with E-state index in [0.29, 0.717) is 55.8 Å². The molecule has 3 heterocycles. The molecule has 0 spiro atoms. The Morgan fingerprint density at radius 3 is 2.66 bits per heavy atom. The van der Waals surface area contributed by atoms with Gasteiger partial charge in [-0.05, 0) is 43.3 Å². The minimum atomic E-state index is -3.63. The number of hydrogen-bond acceptors (Lipinski definition) is 9. The molecule has 2 aliphatic rings. The van der Waals surface area contributed by atoms with Crippen molar-refractivity contribution in [1.82, 2.24) is 24.3 Å². The molecular weight excluding hydrogens is 454 g/mol. The molecule has 5 rings (SSSR count). The number of nitrogens with zero attached hydrogens (tertiary/aromatic N) is 4. The van der Waals surface area contributed by atoms with Gasteiger partial charge in [0.25, 0.3) is 4.84 Å². The summed E-state index contributed by atoms with van der Waals surface area (Å²) < 4.78 is 45.7. The van der Waals surface area contributed by atoms with Crippen LogP contribution in [0.25, 0.3) is 11.1 Å². The van der Waals surface area contributed by atoms with Crippen LogP contribution in [-0.4, -0.2) is 53.7 Å². The summed E-state index contributed by atoms with van der Waals surface area (Å²) >= 11 is 5.44. The number of hydrogen-bond donors (Lipinski definition) is 1. The predicted octanol–water partition coefficient (Wildman–Crippen LogP) is 2.69. The van der Waals surface area contributed by atoms with Crippen molar-refractivity contribution in [3.05, 3.63) is 34.8 Å². The molecule has 1 N–H and O–H groups in total. The number of nitrogens with one attached hydrogen (secondary N) is 1. The molecule has 0 unspecified atom stereocenters. The van der Waals surface area contributed by atoms with E-state index in [2.05, 4.69) is 15.5 Å². The number of rotatable bonds is 6. The van der Waals surface area contributed by atoms with Crippen molar-refractivity contribution in [1.29, 1.82) is 0 Å². The molecule has 32 heavy (non-hydrogen) atoms. The van der Waals surface area contributed by atoms with Gasteiger partial charge in [-0.25, -0.2) is 8.42 Å². The quantitative estimate of drug-likeness (QED) is 0.533. The molecule has 3 aromatic rings. The molecule has 2 aromatic heterocycles. The van der Waals surface area contributed by atoms with E-state index in [4.69, 9.17) is 25.9 Å². The lowest BCUT2D eigenvalue weighted by molar-refractivity contribution is 0.0730. The zero-order chi connectivity index (χ0) is 22.3. The highest BCUT2D eigenvalue weighted by molar-refractivity contribution is 7.89. The SMILES string of the molecule is Cc1nc(C2(NCn3c(=S)oc4ccc(S(=O)(=O)N5CCOCC5)cc43)CCCC2)no1. The molecule has 0 atom stereocenters. The highest BCUT2D eigenvalue weighted by atomic mass is 32.2. The molecule has 12 heteroatoms. The smallest absolute Gasteiger partial charge is 0.270 e. The number of morpholine rings is 1. The molecule has 1 saturated carbocycles. The molecule has 1 aliphatic heterocycles. The standard InChI is InChI=1S/C20H25N5O5S2/c1-14-22-18(23-30-14)20(6-2-3-7-20)21-13-25-16-12-15(4-5-17(16)29-19(25)31)32(26,27)24-8-10-28-11-9-24/h4-5,12,21H,2-3,6-11,13H2,1H3. The highest BCUT2D eigenvalue weighted by Crippen LogP contribution is 2.37. The average molecular weight is 480 g/mol. The number of fused-ring (bicyclic) bond motifs is 1. The Hall–Kier alpha value is -2.12. The lowest BCUT2D eigenvalue weighted by Crippen LogP contribution is -2.42. The first-order valence-electron chi connectivity index (χ1n) is 10.7. The Kier molecular flexibility index (Phi) is 5.66. The number of ether oxygens (including phenoxy) is 1. The molecule has 10 nitrogen and oxygen atoms in total. The second-order valence-corrected chi connectivity index (χ2v) is 10.5. The van der Waals surface area contributed by atoms with Crippen LogP contribution in [0.1, 0.15) is 37.4 Å². The molecule has 0 radical (unpaired) electrons. The third kappa shape index (κ3) is 3.79. The van der Waals surface area contributed by atoms with Gasteiger partial charge in [0.15, 0.2) is 11.4 Å². The normalized spacial score (nSPS) is 19.7. The minimum Gasteiger partial charge on any atom is -0.429 e. The molecule has 2 fully saturated rings. The lowest BCUT2D eigenvalue weighted by atomic mass is 9.97. The molecule has 0 amide bonds. The van der Waals surface area contributed by atoms with Crippen LogP contribution in [0.4, 0.5) is 0 Å². The summed E-state index contributed by atoms with van der Waals surface area (Å²) in [6.45, 7) is 3.57. The van der Waals surface area contributed by atoms with Crippen LogP contribution in [-0.2, 0) is 27.0 Å². The third-order valence-corrected chi connectivity index (χ3v) is 8.43. The molecular formula is C20H25N5O5S2. The Balaban J connectivity index is 1.47. The minimum absolute atomic E-state index is 0.209. The summed E-state index contributed by atoms with van der Waals surface area (Å²) in [5.74, 6) is 1.17. The maximum absolute atomic E-state index is 13.1. The van der Waals surface area contributed by atoms with Crippen molar-refractivity contribution in [2.45, 2.75) is 49.7 Å². The van der Waals surface area contributed by atoms with Crippen molar-refractivity contribution in [2.75, 3.05) is 26.3 Å². The summed E-state index contributed by atoms with van der Waals surface area (Å²) in [6, 6.07) is 4.84. The first kappa shape index (κ1) is 21.7. The van der Waals surface area contributed by atoms with Gasteiger partial charge >= 0.3 is 0 Å². The monoisotopic (exact) mass is 479 g/mol. The Morgan fingerprint density at radius 2 is 1.97 bits per heavy atom. The maximum Gasteiger partial charge on any atom is 0.270 e. The topological polar surface area (TPSA) is 116 Å². The molecule has 0 bridgehead atoms. The van der Waals surface area contributed by atoms with Gasteiger partial charge in [-0.3, -0.25) is 9.88 Å².